The maximum atomic E-state index is 11.5. The van der Waals surface area contributed by atoms with Crippen LogP contribution in [0, 0.1) is 0 Å². The Morgan fingerprint density at radius 2 is 1.74 bits per heavy atom. The molecule has 0 aliphatic heterocycles. The summed E-state index contributed by atoms with van der Waals surface area (Å²) in [5.74, 6) is -0.270. The molecule has 0 rings (SSSR count). The summed E-state index contributed by atoms with van der Waals surface area (Å²) < 4.78 is 9.82. The zero-order valence-electron chi connectivity index (χ0n) is 13.1. The lowest BCUT2D eigenvalue weighted by molar-refractivity contribution is -0.123. The van der Waals surface area contributed by atoms with Crippen LogP contribution in [0.4, 0.5) is 4.79 Å². The van der Waals surface area contributed by atoms with Gasteiger partial charge in [0.05, 0.1) is 6.61 Å². The monoisotopic (exact) mass is 276 g/mol. The number of ether oxygens (including phenoxy) is 2. The molecule has 0 saturated heterocycles. The molecule has 19 heavy (non-hydrogen) atoms. The number of carbonyl (C=O) groups is 2. The molecule has 6 heteroatoms. The molecule has 2 N–H and O–H groups in total. The van der Waals surface area contributed by atoms with Gasteiger partial charge in [0.1, 0.15) is 11.6 Å². The summed E-state index contributed by atoms with van der Waals surface area (Å²) in [6, 6.07) is -0.637. The van der Waals surface area contributed by atoms with E-state index in [1.165, 1.54) is 0 Å². The van der Waals surface area contributed by atoms with Crippen LogP contribution in [0.3, 0.4) is 0 Å². The zero-order valence-corrected chi connectivity index (χ0v) is 13.1. The molecule has 2 amide bonds. The quantitative estimate of drug-likeness (QED) is 0.749. The smallest absolute Gasteiger partial charge is 0.408 e. The van der Waals surface area contributed by atoms with Gasteiger partial charge in [-0.15, -0.1) is 0 Å². The Hall–Kier alpha value is -1.30. The first-order chi connectivity index (χ1) is 8.76. The molecule has 1 atom stereocenters. The Labute approximate surface area is 116 Å². The van der Waals surface area contributed by atoms with Gasteiger partial charge in [0, 0.05) is 13.7 Å². The molecule has 114 valence electrons. The second kappa shape index (κ2) is 10.6. The van der Waals surface area contributed by atoms with Crippen molar-refractivity contribution in [3.05, 3.63) is 0 Å². The Morgan fingerprint density at radius 3 is 2.16 bits per heavy atom. The number of hydrogen-bond acceptors (Lipinski definition) is 4. The van der Waals surface area contributed by atoms with Crippen LogP contribution in [0.5, 0.6) is 0 Å². The number of alkyl carbamates (subject to hydrolysis) is 1. The average Bonchev–Trinajstić information content (AvgIpc) is 2.29. The number of nitrogens with one attached hydrogen (secondary N) is 2. The minimum atomic E-state index is -0.637. The number of amides is 2. The first-order valence-electron chi connectivity index (χ1n) is 6.52. The zero-order chi connectivity index (χ0) is 15.5. The van der Waals surface area contributed by atoms with Gasteiger partial charge in [0.25, 0.3) is 0 Å². The van der Waals surface area contributed by atoms with Crippen molar-refractivity contribution < 1.29 is 19.1 Å². The topological polar surface area (TPSA) is 76.7 Å². The van der Waals surface area contributed by atoms with Crippen molar-refractivity contribution in [2.45, 2.75) is 53.2 Å². The summed E-state index contributed by atoms with van der Waals surface area (Å²) in [5, 5.41) is 5.07. The van der Waals surface area contributed by atoms with E-state index in [0.717, 1.165) is 0 Å². The predicted molar refractivity (Wildman–Crippen MR) is 75.1 cm³/mol. The molecule has 0 radical (unpaired) electrons. The highest BCUT2D eigenvalue weighted by Gasteiger charge is 2.20. The fourth-order valence-electron chi connectivity index (χ4n) is 0.979. The van der Waals surface area contributed by atoms with E-state index in [-0.39, 0.29) is 5.91 Å². The van der Waals surface area contributed by atoms with Gasteiger partial charge in [-0.3, -0.25) is 4.79 Å². The van der Waals surface area contributed by atoms with Gasteiger partial charge in [-0.05, 0) is 27.7 Å². The Kier molecular flexibility index (Phi) is 11.2. The van der Waals surface area contributed by atoms with E-state index in [2.05, 4.69) is 10.6 Å². The maximum Gasteiger partial charge on any atom is 0.408 e. The van der Waals surface area contributed by atoms with Gasteiger partial charge in [0.15, 0.2) is 0 Å². The minimum absolute atomic E-state index is 0.270. The molecule has 0 saturated carbocycles. The van der Waals surface area contributed by atoms with E-state index in [0.29, 0.717) is 13.2 Å². The van der Waals surface area contributed by atoms with Gasteiger partial charge >= 0.3 is 6.09 Å². The lowest BCUT2D eigenvalue weighted by atomic mass is 10.2. The molecule has 0 aromatic rings. The molecule has 0 heterocycles. The number of methoxy groups -OCH3 is 1. The molecule has 0 aliphatic rings. The van der Waals surface area contributed by atoms with Crippen molar-refractivity contribution >= 4 is 12.0 Å². The normalized spacial score (nSPS) is 11.7. The number of carbonyl (C=O) groups excluding carboxylic acids is 2. The molecule has 0 aromatic heterocycles. The SMILES string of the molecule is CC.COCCNC(=O)[C@H](C)NC(=O)OC(C)(C)C. The summed E-state index contributed by atoms with van der Waals surface area (Å²) in [5.41, 5.74) is -0.573. The van der Waals surface area contributed by atoms with Crippen LogP contribution in [0.1, 0.15) is 41.5 Å². The predicted octanol–water partition coefficient (Wildman–Crippen LogP) is 1.69. The summed E-state index contributed by atoms with van der Waals surface area (Å²) in [4.78, 5) is 22.8. The lowest BCUT2D eigenvalue weighted by Crippen LogP contribution is -2.47. The molecule has 0 unspecified atom stereocenters. The Bertz CT molecular complexity index is 262. The second-order valence-electron chi connectivity index (χ2n) is 4.65. The van der Waals surface area contributed by atoms with Crippen LogP contribution in [0.15, 0.2) is 0 Å². The van der Waals surface area contributed by atoms with Crippen molar-refractivity contribution in [2.24, 2.45) is 0 Å². The van der Waals surface area contributed by atoms with Crippen molar-refractivity contribution in [2.75, 3.05) is 20.3 Å². The molecular formula is C13H28N2O4. The standard InChI is InChI=1S/C11H22N2O4.C2H6/c1-8(9(14)12-6-7-16-5)13-10(15)17-11(2,3)4;1-2/h8H,6-7H2,1-5H3,(H,12,14)(H,13,15);1-2H3/t8-;/m0./s1. The van der Waals surface area contributed by atoms with Crippen LogP contribution in [0.2, 0.25) is 0 Å². The summed E-state index contributed by atoms with van der Waals surface area (Å²) in [7, 11) is 1.55. The lowest BCUT2D eigenvalue weighted by Gasteiger charge is -2.21. The third-order valence-corrected chi connectivity index (χ3v) is 1.73. The van der Waals surface area contributed by atoms with Gasteiger partial charge < -0.3 is 20.1 Å². The summed E-state index contributed by atoms with van der Waals surface area (Å²) in [6.07, 6.45) is -0.605. The van der Waals surface area contributed by atoms with Crippen molar-refractivity contribution in [1.29, 1.82) is 0 Å². The average molecular weight is 276 g/mol. The van der Waals surface area contributed by atoms with E-state index >= 15 is 0 Å². The highest BCUT2D eigenvalue weighted by molar-refractivity contribution is 5.85. The molecule has 0 fully saturated rings. The van der Waals surface area contributed by atoms with Crippen molar-refractivity contribution in [3.63, 3.8) is 0 Å². The molecule has 0 aromatic carbocycles. The number of hydrogen-bond donors (Lipinski definition) is 2. The van der Waals surface area contributed by atoms with Crippen molar-refractivity contribution in [1.82, 2.24) is 10.6 Å². The van der Waals surface area contributed by atoms with E-state index in [4.69, 9.17) is 9.47 Å². The fourth-order valence-corrected chi connectivity index (χ4v) is 0.979. The summed E-state index contributed by atoms with van der Waals surface area (Å²) >= 11 is 0. The van der Waals surface area contributed by atoms with Crippen LogP contribution < -0.4 is 10.6 Å². The van der Waals surface area contributed by atoms with Gasteiger partial charge in [-0.2, -0.15) is 0 Å². The van der Waals surface area contributed by atoms with E-state index in [9.17, 15) is 9.59 Å². The first kappa shape index (κ1) is 20.0. The van der Waals surface area contributed by atoms with Crippen LogP contribution in [-0.4, -0.2) is 43.9 Å². The van der Waals surface area contributed by atoms with Gasteiger partial charge in [-0.1, -0.05) is 13.8 Å². The third-order valence-electron chi connectivity index (χ3n) is 1.73. The fraction of sp³-hybridized carbons (Fsp3) is 0.846. The maximum absolute atomic E-state index is 11.5. The first-order valence-corrected chi connectivity index (χ1v) is 6.52. The van der Waals surface area contributed by atoms with E-state index < -0.39 is 17.7 Å². The van der Waals surface area contributed by atoms with E-state index in [1.54, 1.807) is 34.8 Å². The molecular weight excluding hydrogens is 248 g/mol. The van der Waals surface area contributed by atoms with Gasteiger partial charge in [-0.25, -0.2) is 4.79 Å². The number of rotatable bonds is 5. The molecule has 6 nitrogen and oxygen atoms in total. The van der Waals surface area contributed by atoms with Gasteiger partial charge in [0.2, 0.25) is 5.91 Å². The van der Waals surface area contributed by atoms with Crippen LogP contribution in [-0.2, 0) is 14.3 Å². The van der Waals surface area contributed by atoms with Crippen LogP contribution >= 0.6 is 0 Å². The Morgan fingerprint density at radius 1 is 1.21 bits per heavy atom. The summed E-state index contributed by atoms with van der Waals surface area (Å²) in [6.45, 7) is 11.7. The molecule has 0 aliphatic carbocycles. The third kappa shape index (κ3) is 12.9. The molecule has 0 bridgehead atoms. The van der Waals surface area contributed by atoms with Crippen LogP contribution in [0.25, 0.3) is 0 Å². The highest BCUT2D eigenvalue weighted by atomic mass is 16.6. The van der Waals surface area contributed by atoms with Crippen molar-refractivity contribution in [3.8, 4) is 0 Å². The Balaban J connectivity index is 0. The minimum Gasteiger partial charge on any atom is -0.444 e. The second-order valence-corrected chi connectivity index (χ2v) is 4.65. The highest BCUT2D eigenvalue weighted by Crippen LogP contribution is 2.06. The largest absolute Gasteiger partial charge is 0.444 e. The van der Waals surface area contributed by atoms with E-state index in [1.807, 2.05) is 13.8 Å². The molecule has 0 spiro atoms.